The van der Waals surface area contributed by atoms with E-state index in [0.717, 1.165) is 12.7 Å². The first-order chi connectivity index (χ1) is 8.79. The largest absolute Gasteiger partial charge is 0.303 e. The summed E-state index contributed by atoms with van der Waals surface area (Å²) in [5.74, 6) is 1.20. The van der Waals surface area contributed by atoms with Crippen molar-refractivity contribution in [2.75, 3.05) is 0 Å². The summed E-state index contributed by atoms with van der Waals surface area (Å²) in [6.45, 7) is 4.57. The normalized spacial score (nSPS) is 14.1. The van der Waals surface area contributed by atoms with Crippen LogP contribution in [0, 0.1) is 5.92 Å². The number of rotatable bonds is 9. The number of carbonyl (C=O) groups excluding carboxylic acids is 1. The van der Waals surface area contributed by atoms with Crippen LogP contribution in [0.3, 0.4) is 0 Å². The second-order valence-electron chi connectivity index (χ2n) is 5.23. The number of carbonyl (C=O) groups is 1. The molecule has 2 atom stereocenters. The maximum atomic E-state index is 10.6. The molecule has 2 unspecified atom stereocenters. The molecule has 100 valence electrons. The Kier molecular flexibility index (Phi) is 7.40. The zero-order chi connectivity index (χ0) is 13.2. The van der Waals surface area contributed by atoms with Crippen molar-refractivity contribution in [2.24, 2.45) is 5.92 Å². The van der Waals surface area contributed by atoms with Gasteiger partial charge in [0.2, 0.25) is 0 Å². The van der Waals surface area contributed by atoms with Crippen molar-refractivity contribution in [3.05, 3.63) is 35.9 Å². The molecule has 18 heavy (non-hydrogen) atoms. The monoisotopic (exact) mass is 246 g/mol. The lowest BCUT2D eigenvalue weighted by Gasteiger charge is -2.24. The Morgan fingerprint density at radius 2 is 1.83 bits per heavy atom. The van der Waals surface area contributed by atoms with Crippen LogP contribution in [-0.4, -0.2) is 6.29 Å². The quantitative estimate of drug-likeness (QED) is 0.444. The van der Waals surface area contributed by atoms with Crippen LogP contribution in [0.5, 0.6) is 0 Å². The Hall–Kier alpha value is -1.11. The first-order valence-corrected chi connectivity index (χ1v) is 7.28. The van der Waals surface area contributed by atoms with Crippen molar-refractivity contribution in [1.29, 1.82) is 0 Å². The van der Waals surface area contributed by atoms with Crippen LogP contribution in [0.25, 0.3) is 0 Å². The molecule has 0 bridgehead atoms. The third kappa shape index (κ3) is 5.03. The summed E-state index contributed by atoms with van der Waals surface area (Å²) < 4.78 is 0. The van der Waals surface area contributed by atoms with E-state index in [0.29, 0.717) is 18.3 Å². The standard InChI is InChI=1S/C17H26O/c1-3-4-6-10-15(2)17(13-9-14-18)16-11-7-5-8-12-16/h5,7-8,11-12,14-15,17H,3-4,6,9-10,13H2,1-2H3. The fourth-order valence-corrected chi connectivity index (χ4v) is 2.65. The lowest BCUT2D eigenvalue weighted by molar-refractivity contribution is -0.108. The van der Waals surface area contributed by atoms with E-state index in [4.69, 9.17) is 0 Å². The number of aldehydes is 1. The molecule has 0 spiro atoms. The fourth-order valence-electron chi connectivity index (χ4n) is 2.65. The van der Waals surface area contributed by atoms with Crippen molar-refractivity contribution in [2.45, 2.75) is 58.3 Å². The average Bonchev–Trinajstić information content (AvgIpc) is 2.41. The topological polar surface area (TPSA) is 17.1 Å². The molecule has 1 heteroatoms. The summed E-state index contributed by atoms with van der Waals surface area (Å²) in [6, 6.07) is 10.7. The highest BCUT2D eigenvalue weighted by atomic mass is 16.1. The average molecular weight is 246 g/mol. The van der Waals surface area contributed by atoms with Crippen LogP contribution < -0.4 is 0 Å². The van der Waals surface area contributed by atoms with Crippen LogP contribution in [0.2, 0.25) is 0 Å². The molecule has 0 N–H and O–H groups in total. The van der Waals surface area contributed by atoms with E-state index in [1.54, 1.807) is 0 Å². The number of unbranched alkanes of at least 4 members (excludes halogenated alkanes) is 2. The van der Waals surface area contributed by atoms with Crippen molar-refractivity contribution in [1.82, 2.24) is 0 Å². The van der Waals surface area contributed by atoms with E-state index in [9.17, 15) is 4.79 Å². The molecule has 0 aliphatic rings. The summed E-state index contributed by atoms with van der Waals surface area (Å²) in [4.78, 5) is 10.6. The molecule has 1 aromatic carbocycles. The van der Waals surface area contributed by atoms with Gasteiger partial charge in [-0.1, -0.05) is 69.9 Å². The van der Waals surface area contributed by atoms with Crippen molar-refractivity contribution < 1.29 is 4.79 Å². The molecule has 1 nitrogen and oxygen atoms in total. The smallest absolute Gasteiger partial charge is 0.120 e. The van der Waals surface area contributed by atoms with Gasteiger partial charge in [0.15, 0.2) is 0 Å². The van der Waals surface area contributed by atoms with Crippen LogP contribution in [0.4, 0.5) is 0 Å². The first kappa shape index (κ1) is 14.9. The summed E-state index contributed by atoms with van der Waals surface area (Å²) in [7, 11) is 0. The molecule has 0 aromatic heterocycles. The van der Waals surface area contributed by atoms with Gasteiger partial charge in [-0.15, -0.1) is 0 Å². The molecule has 0 aliphatic heterocycles. The second-order valence-corrected chi connectivity index (χ2v) is 5.23. The zero-order valence-corrected chi connectivity index (χ0v) is 11.8. The highest BCUT2D eigenvalue weighted by Gasteiger charge is 2.18. The van der Waals surface area contributed by atoms with Gasteiger partial charge in [0.1, 0.15) is 6.29 Å². The van der Waals surface area contributed by atoms with E-state index in [1.165, 1.54) is 31.2 Å². The van der Waals surface area contributed by atoms with Crippen LogP contribution in [0.1, 0.15) is 63.9 Å². The van der Waals surface area contributed by atoms with Gasteiger partial charge < -0.3 is 4.79 Å². The SMILES string of the molecule is CCCCCC(C)C(CCC=O)c1ccccc1. The number of hydrogen-bond acceptors (Lipinski definition) is 1. The molecule has 0 radical (unpaired) electrons. The molecule has 0 fully saturated rings. The zero-order valence-electron chi connectivity index (χ0n) is 11.8. The molecule has 0 aliphatic carbocycles. The molecule has 0 amide bonds. The minimum Gasteiger partial charge on any atom is -0.303 e. The lowest BCUT2D eigenvalue weighted by atomic mass is 9.81. The van der Waals surface area contributed by atoms with Gasteiger partial charge >= 0.3 is 0 Å². The van der Waals surface area contributed by atoms with E-state index in [1.807, 2.05) is 0 Å². The maximum absolute atomic E-state index is 10.6. The minimum atomic E-state index is 0.535. The minimum absolute atomic E-state index is 0.535. The number of hydrogen-bond donors (Lipinski definition) is 0. The van der Waals surface area contributed by atoms with Gasteiger partial charge in [-0.3, -0.25) is 0 Å². The van der Waals surface area contributed by atoms with Crippen LogP contribution in [-0.2, 0) is 4.79 Å². The van der Waals surface area contributed by atoms with Gasteiger partial charge in [-0.05, 0) is 23.8 Å². The van der Waals surface area contributed by atoms with Crippen molar-refractivity contribution in [3.63, 3.8) is 0 Å². The van der Waals surface area contributed by atoms with E-state index in [2.05, 4.69) is 44.2 Å². The summed E-state index contributed by atoms with van der Waals surface area (Å²) in [6.07, 6.45) is 7.89. The Bertz CT molecular complexity index is 318. The predicted octanol–water partition coefficient (Wildman–Crippen LogP) is 4.97. The molecule has 0 saturated heterocycles. The summed E-state index contributed by atoms with van der Waals surface area (Å²) >= 11 is 0. The highest BCUT2D eigenvalue weighted by Crippen LogP contribution is 2.32. The Labute approximate surface area is 112 Å². The molecule has 1 rings (SSSR count). The Balaban J connectivity index is 2.62. The molecule has 1 aromatic rings. The van der Waals surface area contributed by atoms with Crippen LogP contribution >= 0.6 is 0 Å². The van der Waals surface area contributed by atoms with Gasteiger partial charge in [0.05, 0.1) is 0 Å². The third-order valence-corrected chi connectivity index (χ3v) is 3.77. The second kappa shape index (κ2) is 8.91. The molecule has 0 heterocycles. The molecule has 0 saturated carbocycles. The summed E-state index contributed by atoms with van der Waals surface area (Å²) in [5, 5.41) is 0. The van der Waals surface area contributed by atoms with E-state index >= 15 is 0 Å². The first-order valence-electron chi connectivity index (χ1n) is 7.28. The lowest BCUT2D eigenvalue weighted by Crippen LogP contribution is -2.10. The third-order valence-electron chi connectivity index (χ3n) is 3.77. The van der Waals surface area contributed by atoms with Crippen molar-refractivity contribution >= 4 is 6.29 Å². The van der Waals surface area contributed by atoms with E-state index < -0.39 is 0 Å². The predicted molar refractivity (Wildman–Crippen MR) is 77.8 cm³/mol. The number of benzene rings is 1. The van der Waals surface area contributed by atoms with Crippen molar-refractivity contribution in [3.8, 4) is 0 Å². The van der Waals surface area contributed by atoms with E-state index in [-0.39, 0.29) is 0 Å². The molecular formula is C17H26O. The maximum Gasteiger partial charge on any atom is 0.120 e. The fraction of sp³-hybridized carbons (Fsp3) is 0.588. The van der Waals surface area contributed by atoms with Gasteiger partial charge in [0.25, 0.3) is 0 Å². The highest BCUT2D eigenvalue weighted by molar-refractivity contribution is 5.49. The van der Waals surface area contributed by atoms with Crippen LogP contribution in [0.15, 0.2) is 30.3 Å². The van der Waals surface area contributed by atoms with Gasteiger partial charge in [-0.2, -0.15) is 0 Å². The molecular weight excluding hydrogens is 220 g/mol. The Morgan fingerprint density at radius 1 is 1.11 bits per heavy atom. The summed E-state index contributed by atoms with van der Waals surface area (Å²) in [5.41, 5.74) is 1.39. The van der Waals surface area contributed by atoms with Gasteiger partial charge in [-0.25, -0.2) is 0 Å². The van der Waals surface area contributed by atoms with Gasteiger partial charge in [0, 0.05) is 6.42 Å². The Morgan fingerprint density at radius 3 is 2.44 bits per heavy atom.